The molecule has 0 amide bonds. The smallest absolute Gasteiger partial charge is 0.181 e. The zero-order valence-corrected chi connectivity index (χ0v) is 11.1. The highest BCUT2D eigenvalue weighted by Gasteiger charge is 2.15. The van der Waals surface area contributed by atoms with Crippen molar-refractivity contribution in [2.75, 3.05) is 5.88 Å². The van der Waals surface area contributed by atoms with Crippen LogP contribution in [0.3, 0.4) is 0 Å². The summed E-state index contributed by atoms with van der Waals surface area (Å²) in [6, 6.07) is 7.60. The first-order chi connectivity index (χ1) is 7.54. The standard InChI is InChI=1S/C13H16Cl2O/c1-9(2)7-10-3-5-11(6-4-10)13(16)12(15)8-14/h3-6,9,12H,7-8H2,1-2H3. The van der Waals surface area contributed by atoms with Crippen molar-refractivity contribution in [1.29, 1.82) is 0 Å². The minimum atomic E-state index is -0.627. The van der Waals surface area contributed by atoms with Crippen molar-refractivity contribution in [3.63, 3.8) is 0 Å². The molecule has 0 aromatic heterocycles. The molecule has 1 aromatic rings. The summed E-state index contributed by atoms with van der Waals surface area (Å²) in [5.41, 5.74) is 1.87. The lowest BCUT2D eigenvalue weighted by molar-refractivity contribution is 0.0993. The van der Waals surface area contributed by atoms with Crippen LogP contribution in [0.1, 0.15) is 29.8 Å². The molecule has 1 nitrogen and oxygen atoms in total. The average Bonchev–Trinajstić information content (AvgIpc) is 2.27. The van der Waals surface area contributed by atoms with Gasteiger partial charge in [-0.1, -0.05) is 38.1 Å². The summed E-state index contributed by atoms with van der Waals surface area (Å²) in [5.74, 6) is 0.659. The summed E-state index contributed by atoms with van der Waals surface area (Å²) in [7, 11) is 0. The van der Waals surface area contributed by atoms with Crippen LogP contribution in [0.15, 0.2) is 24.3 Å². The van der Waals surface area contributed by atoms with Crippen molar-refractivity contribution in [1.82, 2.24) is 0 Å². The molecular formula is C13H16Cl2O. The Morgan fingerprint density at radius 3 is 2.25 bits per heavy atom. The van der Waals surface area contributed by atoms with Crippen LogP contribution >= 0.6 is 23.2 Å². The summed E-state index contributed by atoms with van der Waals surface area (Å²) in [6.45, 7) is 4.34. The molecule has 0 saturated heterocycles. The van der Waals surface area contributed by atoms with Gasteiger partial charge in [0.1, 0.15) is 5.38 Å². The molecule has 0 heterocycles. The van der Waals surface area contributed by atoms with E-state index in [-0.39, 0.29) is 11.7 Å². The zero-order valence-electron chi connectivity index (χ0n) is 9.54. The lowest BCUT2D eigenvalue weighted by Crippen LogP contribution is -2.16. The van der Waals surface area contributed by atoms with Gasteiger partial charge in [0.15, 0.2) is 5.78 Å². The monoisotopic (exact) mass is 258 g/mol. The molecule has 1 atom stereocenters. The van der Waals surface area contributed by atoms with Crippen molar-refractivity contribution in [3.8, 4) is 0 Å². The first kappa shape index (κ1) is 13.5. The van der Waals surface area contributed by atoms with Gasteiger partial charge in [-0.2, -0.15) is 0 Å². The number of rotatable bonds is 5. The van der Waals surface area contributed by atoms with Crippen LogP contribution in [0, 0.1) is 5.92 Å². The average molecular weight is 259 g/mol. The first-order valence-electron chi connectivity index (χ1n) is 5.37. The maximum absolute atomic E-state index is 11.7. The predicted molar refractivity (Wildman–Crippen MR) is 69.7 cm³/mol. The fourth-order valence-corrected chi connectivity index (χ4v) is 1.79. The van der Waals surface area contributed by atoms with E-state index < -0.39 is 5.38 Å². The lowest BCUT2D eigenvalue weighted by Gasteiger charge is -2.07. The number of Topliss-reactive ketones (excluding diaryl/α,β-unsaturated/α-hetero) is 1. The molecule has 0 fully saturated rings. The van der Waals surface area contributed by atoms with E-state index in [1.807, 2.05) is 24.3 Å². The predicted octanol–water partition coefficient (Wildman–Crippen LogP) is 3.91. The van der Waals surface area contributed by atoms with E-state index in [0.717, 1.165) is 6.42 Å². The summed E-state index contributed by atoms with van der Waals surface area (Å²) in [6.07, 6.45) is 1.02. The maximum Gasteiger partial charge on any atom is 0.181 e. The Morgan fingerprint density at radius 2 is 1.81 bits per heavy atom. The van der Waals surface area contributed by atoms with E-state index in [9.17, 15) is 4.79 Å². The van der Waals surface area contributed by atoms with Crippen LogP contribution in [0.5, 0.6) is 0 Å². The van der Waals surface area contributed by atoms with E-state index in [1.54, 1.807) is 0 Å². The molecule has 3 heteroatoms. The van der Waals surface area contributed by atoms with E-state index in [1.165, 1.54) is 5.56 Å². The van der Waals surface area contributed by atoms with Crippen LogP contribution < -0.4 is 0 Å². The largest absolute Gasteiger partial charge is 0.292 e. The zero-order chi connectivity index (χ0) is 12.1. The summed E-state index contributed by atoms with van der Waals surface area (Å²) in [4.78, 5) is 11.7. The van der Waals surface area contributed by atoms with Crippen LogP contribution in [0.25, 0.3) is 0 Å². The Hall–Kier alpha value is -0.530. The molecule has 0 aliphatic carbocycles. The number of hydrogen-bond donors (Lipinski definition) is 0. The number of halogens is 2. The molecule has 1 rings (SSSR count). The third-order valence-corrected chi connectivity index (χ3v) is 3.12. The maximum atomic E-state index is 11.7. The summed E-state index contributed by atoms with van der Waals surface area (Å²) < 4.78 is 0. The lowest BCUT2D eigenvalue weighted by atomic mass is 10.00. The van der Waals surface area contributed by atoms with E-state index in [4.69, 9.17) is 23.2 Å². The molecule has 0 spiro atoms. The SMILES string of the molecule is CC(C)Cc1ccc(C(=O)C(Cl)CCl)cc1. The Kier molecular flexibility index (Phi) is 5.30. The minimum absolute atomic E-state index is 0.104. The van der Waals surface area contributed by atoms with Crippen LogP contribution in [-0.2, 0) is 6.42 Å². The van der Waals surface area contributed by atoms with Gasteiger partial charge in [0, 0.05) is 11.4 Å². The summed E-state index contributed by atoms with van der Waals surface area (Å²) >= 11 is 11.3. The number of ketones is 1. The van der Waals surface area contributed by atoms with Gasteiger partial charge in [-0.15, -0.1) is 23.2 Å². The normalized spacial score (nSPS) is 12.8. The number of carbonyl (C=O) groups excluding carboxylic acids is 1. The van der Waals surface area contributed by atoms with Crippen molar-refractivity contribution < 1.29 is 4.79 Å². The van der Waals surface area contributed by atoms with Crippen molar-refractivity contribution >= 4 is 29.0 Å². The van der Waals surface area contributed by atoms with E-state index in [2.05, 4.69) is 13.8 Å². The molecule has 16 heavy (non-hydrogen) atoms. The van der Waals surface area contributed by atoms with E-state index in [0.29, 0.717) is 11.5 Å². The van der Waals surface area contributed by atoms with Crippen molar-refractivity contribution in [3.05, 3.63) is 35.4 Å². The van der Waals surface area contributed by atoms with Crippen LogP contribution in [0.2, 0.25) is 0 Å². The second-order valence-electron chi connectivity index (χ2n) is 4.28. The van der Waals surface area contributed by atoms with Crippen molar-refractivity contribution in [2.45, 2.75) is 25.6 Å². The highest BCUT2D eigenvalue weighted by atomic mass is 35.5. The molecule has 0 aliphatic rings. The molecule has 88 valence electrons. The van der Waals surface area contributed by atoms with Crippen LogP contribution in [-0.4, -0.2) is 17.0 Å². The Labute approximate surface area is 107 Å². The summed E-state index contributed by atoms with van der Waals surface area (Å²) in [5, 5.41) is -0.627. The Bertz CT molecular complexity index is 343. The second kappa shape index (κ2) is 6.27. The third-order valence-electron chi connectivity index (χ3n) is 2.30. The fourth-order valence-electron chi connectivity index (χ4n) is 1.53. The highest BCUT2D eigenvalue weighted by Crippen LogP contribution is 2.13. The van der Waals surface area contributed by atoms with Gasteiger partial charge in [0.25, 0.3) is 0 Å². The fraction of sp³-hybridized carbons (Fsp3) is 0.462. The van der Waals surface area contributed by atoms with Gasteiger partial charge in [-0.25, -0.2) is 0 Å². The van der Waals surface area contributed by atoms with Crippen molar-refractivity contribution in [2.24, 2.45) is 5.92 Å². The molecule has 1 unspecified atom stereocenters. The Balaban J connectivity index is 2.74. The molecule has 0 aliphatic heterocycles. The van der Waals surface area contributed by atoms with Crippen LogP contribution in [0.4, 0.5) is 0 Å². The number of hydrogen-bond acceptors (Lipinski definition) is 1. The second-order valence-corrected chi connectivity index (χ2v) is 5.12. The Morgan fingerprint density at radius 1 is 1.25 bits per heavy atom. The molecule has 0 N–H and O–H groups in total. The van der Waals surface area contributed by atoms with Gasteiger partial charge in [0.05, 0.1) is 0 Å². The van der Waals surface area contributed by atoms with Gasteiger partial charge in [-0.05, 0) is 17.9 Å². The highest BCUT2D eigenvalue weighted by molar-refractivity contribution is 6.38. The number of carbonyl (C=O) groups is 1. The molecule has 0 saturated carbocycles. The first-order valence-corrected chi connectivity index (χ1v) is 6.35. The molecule has 1 aromatic carbocycles. The van der Waals surface area contributed by atoms with Gasteiger partial charge in [-0.3, -0.25) is 4.79 Å². The number of benzene rings is 1. The molecule has 0 bridgehead atoms. The number of alkyl halides is 2. The molecule has 0 radical (unpaired) electrons. The topological polar surface area (TPSA) is 17.1 Å². The van der Waals surface area contributed by atoms with Gasteiger partial charge < -0.3 is 0 Å². The molecular weight excluding hydrogens is 243 g/mol. The quantitative estimate of drug-likeness (QED) is 0.578. The minimum Gasteiger partial charge on any atom is -0.292 e. The van der Waals surface area contributed by atoms with Gasteiger partial charge in [0.2, 0.25) is 0 Å². The third kappa shape index (κ3) is 3.80. The van der Waals surface area contributed by atoms with E-state index >= 15 is 0 Å². The van der Waals surface area contributed by atoms with Gasteiger partial charge >= 0.3 is 0 Å².